The lowest BCUT2D eigenvalue weighted by Crippen LogP contribution is -2.44. The van der Waals surface area contributed by atoms with E-state index in [1.807, 2.05) is 0 Å². The summed E-state index contributed by atoms with van der Waals surface area (Å²) in [5.74, 6) is -0.0770. The van der Waals surface area contributed by atoms with E-state index in [1.54, 1.807) is 31.2 Å². The van der Waals surface area contributed by atoms with Crippen LogP contribution in [-0.2, 0) is 22.5 Å². The molecule has 1 aliphatic heterocycles. The van der Waals surface area contributed by atoms with Crippen molar-refractivity contribution in [2.24, 2.45) is 5.11 Å². The lowest BCUT2D eigenvalue weighted by molar-refractivity contribution is -0.121. The van der Waals surface area contributed by atoms with Crippen molar-refractivity contribution >= 4 is 5.91 Å². The van der Waals surface area contributed by atoms with Crippen LogP contribution in [0.2, 0.25) is 0 Å². The highest BCUT2D eigenvalue weighted by Crippen LogP contribution is 2.29. The second-order valence-corrected chi connectivity index (χ2v) is 7.79. The second-order valence-electron chi connectivity index (χ2n) is 7.79. The fourth-order valence-electron chi connectivity index (χ4n) is 3.72. The zero-order valence-electron chi connectivity index (χ0n) is 18.1. The number of benzene rings is 1. The summed E-state index contributed by atoms with van der Waals surface area (Å²) in [5.41, 5.74) is 8.81. The smallest absolute Gasteiger partial charge is 0.333 e. The van der Waals surface area contributed by atoms with Gasteiger partial charge in [-0.15, -0.1) is 0 Å². The van der Waals surface area contributed by atoms with Gasteiger partial charge in [0.25, 0.3) is 5.56 Å². The molecule has 176 valence electrons. The normalized spacial score (nSPS) is 19.8. The number of nitrogens with zero attached hydrogens (tertiary/aromatic N) is 5. The Morgan fingerprint density at radius 2 is 2.06 bits per heavy atom. The Morgan fingerprint density at radius 1 is 1.33 bits per heavy atom. The number of aryl methyl sites for hydroxylation is 2. The van der Waals surface area contributed by atoms with E-state index in [1.165, 1.54) is 10.8 Å². The molecular formula is C21H26N6O6. The van der Waals surface area contributed by atoms with Crippen LogP contribution in [0.1, 0.15) is 30.2 Å². The predicted molar refractivity (Wildman–Crippen MR) is 118 cm³/mol. The van der Waals surface area contributed by atoms with Crippen molar-refractivity contribution in [1.82, 2.24) is 14.5 Å². The number of ether oxygens (including phenoxy) is 1. The van der Waals surface area contributed by atoms with E-state index in [0.29, 0.717) is 12.0 Å². The molecule has 12 heteroatoms. The third-order valence-corrected chi connectivity index (χ3v) is 5.50. The Hall–Kier alpha value is -3.60. The molecular weight excluding hydrogens is 432 g/mol. The molecule has 1 saturated heterocycles. The molecule has 0 saturated carbocycles. The van der Waals surface area contributed by atoms with E-state index in [9.17, 15) is 24.6 Å². The van der Waals surface area contributed by atoms with Gasteiger partial charge >= 0.3 is 5.69 Å². The molecule has 33 heavy (non-hydrogen) atoms. The molecule has 1 aliphatic rings. The fraction of sp³-hybridized carbons (Fsp3) is 0.476. The Kier molecular flexibility index (Phi) is 7.88. The molecule has 0 bridgehead atoms. The number of aliphatic hydroxyl groups is 1. The molecule has 0 radical (unpaired) electrons. The monoisotopic (exact) mass is 458 g/mol. The third-order valence-electron chi connectivity index (χ3n) is 5.50. The topological polar surface area (TPSA) is 172 Å². The van der Waals surface area contributed by atoms with Gasteiger partial charge in [0.1, 0.15) is 12.0 Å². The van der Waals surface area contributed by atoms with E-state index in [4.69, 9.17) is 10.3 Å². The number of phenolic OH excluding ortho intramolecular Hbond substituents is 1. The Balaban J connectivity index is 1.65. The van der Waals surface area contributed by atoms with Crippen LogP contribution >= 0.6 is 0 Å². The van der Waals surface area contributed by atoms with Crippen LogP contribution in [0.15, 0.2) is 45.2 Å². The molecule has 1 aromatic carbocycles. The SMILES string of the molecule is Cc1cn([C@H]2C[C@H](N=[N+]=[N-])[C@@H](CO)O2)c(=O)n(CCNC(=O)CCc2ccc(O)cc2)c1=O. The molecule has 12 nitrogen and oxygen atoms in total. The third kappa shape index (κ3) is 5.80. The zero-order valence-corrected chi connectivity index (χ0v) is 18.1. The number of aromatic hydroxyl groups is 1. The van der Waals surface area contributed by atoms with E-state index in [0.717, 1.165) is 10.1 Å². The van der Waals surface area contributed by atoms with Crippen molar-refractivity contribution in [3.63, 3.8) is 0 Å². The van der Waals surface area contributed by atoms with Crippen LogP contribution in [0.3, 0.4) is 0 Å². The van der Waals surface area contributed by atoms with Crippen molar-refractivity contribution in [1.29, 1.82) is 0 Å². The minimum absolute atomic E-state index is 0.0276. The first-order chi connectivity index (χ1) is 15.8. The van der Waals surface area contributed by atoms with Crippen LogP contribution in [0, 0.1) is 6.92 Å². The lowest BCUT2D eigenvalue weighted by Gasteiger charge is -2.17. The first-order valence-electron chi connectivity index (χ1n) is 10.5. The average molecular weight is 458 g/mol. The van der Waals surface area contributed by atoms with Crippen molar-refractivity contribution in [2.75, 3.05) is 13.2 Å². The highest BCUT2D eigenvalue weighted by Gasteiger charge is 2.36. The zero-order chi connectivity index (χ0) is 24.0. The Labute approximate surface area is 188 Å². The summed E-state index contributed by atoms with van der Waals surface area (Å²) in [4.78, 5) is 40.4. The number of nitrogens with one attached hydrogen (secondary N) is 1. The standard InChI is InChI=1S/C21H26N6O6/c1-13-11-27(19-10-16(24-25-22)17(12-28)33-19)21(32)26(20(13)31)9-8-23-18(30)7-4-14-2-5-15(29)6-3-14/h2-3,5-6,11,16-17,19,28-29H,4,7-10,12H2,1H3,(H,23,30)/t16-,17+,19+/m0/s1. The average Bonchev–Trinajstić information content (AvgIpc) is 3.21. The summed E-state index contributed by atoms with van der Waals surface area (Å²) in [6.45, 7) is 1.25. The van der Waals surface area contributed by atoms with Crippen molar-refractivity contribution in [2.45, 2.75) is 51.1 Å². The summed E-state index contributed by atoms with van der Waals surface area (Å²) in [6, 6.07) is 5.93. The molecule has 0 aliphatic carbocycles. The van der Waals surface area contributed by atoms with Crippen molar-refractivity contribution in [3.05, 3.63) is 72.9 Å². The number of amides is 1. The van der Waals surface area contributed by atoms with Crippen LogP contribution in [0.4, 0.5) is 0 Å². The molecule has 1 amide bonds. The van der Waals surface area contributed by atoms with Gasteiger partial charge in [-0.25, -0.2) is 4.79 Å². The van der Waals surface area contributed by atoms with Gasteiger partial charge in [-0.2, -0.15) is 0 Å². The molecule has 1 aromatic heterocycles. The van der Waals surface area contributed by atoms with Crippen molar-refractivity contribution < 1.29 is 19.7 Å². The number of hydrogen-bond acceptors (Lipinski definition) is 7. The summed E-state index contributed by atoms with van der Waals surface area (Å²) >= 11 is 0. The van der Waals surface area contributed by atoms with Gasteiger partial charge in [0.15, 0.2) is 0 Å². The molecule has 2 heterocycles. The van der Waals surface area contributed by atoms with Gasteiger partial charge in [0.05, 0.1) is 18.8 Å². The summed E-state index contributed by atoms with van der Waals surface area (Å²) < 4.78 is 7.93. The second kappa shape index (κ2) is 10.8. The van der Waals surface area contributed by atoms with Gasteiger partial charge in [0.2, 0.25) is 5.91 Å². The molecule has 3 N–H and O–H groups in total. The molecule has 0 spiro atoms. The van der Waals surface area contributed by atoms with Gasteiger partial charge < -0.3 is 20.3 Å². The number of carbonyl (C=O) groups excluding carboxylic acids is 1. The fourth-order valence-corrected chi connectivity index (χ4v) is 3.72. The summed E-state index contributed by atoms with van der Waals surface area (Å²) in [5, 5.41) is 25.1. The van der Waals surface area contributed by atoms with Gasteiger partial charge in [-0.3, -0.25) is 18.7 Å². The number of carbonyl (C=O) groups is 1. The number of aromatic nitrogens is 2. The largest absolute Gasteiger partial charge is 0.508 e. The highest BCUT2D eigenvalue weighted by atomic mass is 16.5. The van der Waals surface area contributed by atoms with E-state index in [2.05, 4.69) is 15.3 Å². The van der Waals surface area contributed by atoms with Gasteiger partial charge in [-0.05, 0) is 36.6 Å². The highest BCUT2D eigenvalue weighted by molar-refractivity contribution is 5.76. The van der Waals surface area contributed by atoms with E-state index < -0.39 is 29.6 Å². The van der Waals surface area contributed by atoms with Gasteiger partial charge in [-0.1, -0.05) is 17.2 Å². The first kappa shape index (κ1) is 24.1. The maximum absolute atomic E-state index is 12.9. The van der Waals surface area contributed by atoms with Crippen LogP contribution < -0.4 is 16.6 Å². The minimum atomic E-state index is -0.796. The van der Waals surface area contributed by atoms with E-state index >= 15 is 0 Å². The molecule has 0 unspecified atom stereocenters. The summed E-state index contributed by atoms with van der Waals surface area (Å²) in [7, 11) is 0. The van der Waals surface area contributed by atoms with Crippen LogP contribution in [-0.4, -0.2) is 50.6 Å². The molecule has 1 fully saturated rings. The summed E-state index contributed by atoms with van der Waals surface area (Å²) in [6.07, 6.45) is 0.731. The van der Waals surface area contributed by atoms with Crippen LogP contribution in [0.5, 0.6) is 5.75 Å². The van der Waals surface area contributed by atoms with Gasteiger partial charge in [0, 0.05) is 42.6 Å². The Bertz CT molecular complexity index is 1150. The number of rotatable bonds is 9. The predicted octanol–water partition coefficient (Wildman–Crippen LogP) is 0.732. The molecule has 3 rings (SSSR count). The Morgan fingerprint density at radius 3 is 2.73 bits per heavy atom. The molecule has 2 aromatic rings. The van der Waals surface area contributed by atoms with Crippen LogP contribution in [0.25, 0.3) is 10.4 Å². The van der Waals surface area contributed by atoms with Crippen molar-refractivity contribution in [3.8, 4) is 5.75 Å². The number of aliphatic hydroxyl groups excluding tert-OH is 1. The number of phenols is 1. The number of azide groups is 1. The van der Waals surface area contributed by atoms with E-state index in [-0.39, 0.29) is 44.2 Å². The molecule has 3 atom stereocenters. The minimum Gasteiger partial charge on any atom is -0.508 e. The number of hydrogen-bond donors (Lipinski definition) is 3. The quantitative estimate of drug-likeness (QED) is 0.284. The maximum Gasteiger partial charge on any atom is 0.333 e. The maximum atomic E-state index is 12.9. The lowest BCUT2D eigenvalue weighted by atomic mass is 10.1. The first-order valence-corrected chi connectivity index (χ1v) is 10.5.